The normalized spacial score (nSPS) is 19.1. The molecule has 3 rings (SSSR count). The monoisotopic (exact) mass is 417 g/mol. The average molecular weight is 418 g/mol. The zero-order chi connectivity index (χ0) is 20.6. The number of hydrogen-bond acceptors (Lipinski definition) is 4. The van der Waals surface area contributed by atoms with Crippen molar-refractivity contribution >= 4 is 29.2 Å². The summed E-state index contributed by atoms with van der Waals surface area (Å²) in [5.41, 5.74) is 1.81. The summed E-state index contributed by atoms with van der Waals surface area (Å²) < 4.78 is 18.7. The van der Waals surface area contributed by atoms with E-state index < -0.39 is 0 Å². The molecule has 2 amide bonds. The molecule has 156 valence electrons. The molecule has 2 N–H and O–H groups in total. The lowest BCUT2D eigenvalue weighted by molar-refractivity contribution is -0.00517. The minimum Gasteiger partial charge on any atom is -0.372 e. The number of para-hydroxylation sites is 2. The number of anilines is 2. The summed E-state index contributed by atoms with van der Waals surface area (Å²) in [4.78, 5) is 15.6. The molecule has 0 saturated carbocycles. The fourth-order valence-corrected chi connectivity index (χ4v) is 4.24. The van der Waals surface area contributed by atoms with Crippen molar-refractivity contribution in [1.29, 1.82) is 0 Å². The van der Waals surface area contributed by atoms with E-state index in [0.29, 0.717) is 6.54 Å². The van der Waals surface area contributed by atoms with Crippen molar-refractivity contribution in [2.45, 2.75) is 37.4 Å². The van der Waals surface area contributed by atoms with Crippen LogP contribution in [0.25, 0.3) is 0 Å². The Morgan fingerprint density at radius 3 is 2.55 bits per heavy atom. The zero-order valence-electron chi connectivity index (χ0n) is 16.9. The average Bonchev–Trinajstić information content (AvgIpc) is 2.69. The zero-order valence-corrected chi connectivity index (χ0v) is 17.7. The highest BCUT2D eigenvalue weighted by Gasteiger charge is 2.24. The number of rotatable bonds is 7. The van der Waals surface area contributed by atoms with Crippen molar-refractivity contribution in [1.82, 2.24) is 5.32 Å². The summed E-state index contributed by atoms with van der Waals surface area (Å²) in [6, 6.07) is 14.1. The van der Waals surface area contributed by atoms with E-state index in [4.69, 9.17) is 4.74 Å². The van der Waals surface area contributed by atoms with Gasteiger partial charge in [-0.2, -0.15) is 0 Å². The number of nitrogens with one attached hydrogen (secondary N) is 2. The standard InChI is InChI=1S/C22H28FN3O2S/c1-16-14-26(15-17(2)28-16)21-7-4-3-6-20(21)25-22(27)24-12-5-13-29-19-10-8-18(23)9-11-19/h3-4,6-11,16-17H,5,12-15H2,1-2H3,(H2,24,25,27). The minimum absolute atomic E-state index is 0.152. The number of benzene rings is 2. The molecule has 0 bridgehead atoms. The molecule has 0 radical (unpaired) electrons. The van der Waals surface area contributed by atoms with Gasteiger partial charge in [-0.25, -0.2) is 9.18 Å². The Hall–Kier alpha value is -2.25. The first-order valence-electron chi connectivity index (χ1n) is 9.94. The topological polar surface area (TPSA) is 53.6 Å². The van der Waals surface area contributed by atoms with Gasteiger partial charge in [-0.1, -0.05) is 12.1 Å². The Labute approximate surface area is 176 Å². The summed E-state index contributed by atoms with van der Waals surface area (Å²) in [6.45, 7) is 6.30. The van der Waals surface area contributed by atoms with Gasteiger partial charge in [-0.15, -0.1) is 11.8 Å². The van der Waals surface area contributed by atoms with Gasteiger partial charge in [0.05, 0.1) is 23.6 Å². The van der Waals surface area contributed by atoms with Crippen LogP contribution in [0.15, 0.2) is 53.4 Å². The van der Waals surface area contributed by atoms with Gasteiger partial charge < -0.3 is 20.3 Å². The van der Waals surface area contributed by atoms with E-state index in [1.807, 2.05) is 24.3 Å². The Morgan fingerprint density at radius 2 is 1.83 bits per heavy atom. The number of thioether (sulfide) groups is 1. The van der Waals surface area contributed by atoms with Gasteiger partial charge in [0.25, 0.3) is 0 Å². The summed E-state index contributed by atoms with van der Waals surface area (Å²) in [5.74, 6) is 0.625. The van der Waals surface area contributed by atoms with Crippen molar-refractivity contribution in [2.75, 3.05) is 35.6 Å². The summed E-state index contributed by atoms with van der Waals surface area (Å²) in [6.07, 6.45) is 1.13. The van der Waals surface area contributed by atoms with Crippen LogP contribution in [-0.4, -0.2) is 43.6 Å². The van der Waals surface area contributed by atoms with Gasteiger partial charge in [-0.05, 0) is 62.4 Å². The van der Waals surface area contributed by atoms with Crippen molar-refractivity contribution < 1.29 is 13.9 Å². The third-order valence-corrected chi connectivity index (χ3v) is 5.70. The molecule has 2 aromatic rings. The largest absolute Gasteiger partial charge is 0.372 e. The van der Waals surface area contributed by atoms with Crippen LogP contribution in [0.1, 0.15) is 20.3 Å². The second kappa shape index (κ2) is 10.5. The predicted molar refractivity (Wildman–Crippen MR) is 117 cm³/mol. The quantitative estimate of drug-likeness (QED) is 0.505. The molecular weight excluding hydrogens is 389 g/mol. The highest BCUT2D eigenvalue weighted by molar-refractivity contribution is 7.99. The molecule has 2 atom stereocenters. The Kier molecular flexibility index (Phi) is 7.77. The number of hydrogen-bond donors (Lipinski definition) is 2. The first kappa shape index (κ1) is 21.5. The lowest BCUT2D eigenvalue weighted by Gasteiger charge is -2.37. The SMILES string of the molecule is CC1CN(c2ccccc2NC(=O)NCCCSc2ccc(F)cc2)CC(C)O1. The number of carbonyl (C=O) groups excluding carboxylic acids is 1. The lowest BCUT2D eigenvalue weighted by Crippen LogP contribution is -2.45. The van der Waals surface area contributed by atoms with E-state index >= 15 is 0 Å². The summed E-state index contributed by atoms with van der Waals surface area (Å²) in [5, 5.41) is 5.88. The van der Waals surface area contributed by atoms with Crippen LogP contribution in [0, 0.1) is 5.82 Å². The third-order valence-electron chi connectivity index (χ3n) is 4.60. The maximum Gasteiger partial charge on any atom is 0.319 e. The maximum atomic E-state index is 12.9. The smallest absolute Gasteiger partial charge is 0.319 e. The van der Waals surface area contributed by atoms with Crippen molar-refractivity contribution in [3.8, 4) is 0 Å². The van der Waals surface area contributed by atoms with Gasteiger partial charge in [0, 0.05) is 24.5 Å². The maximum absolute atomic E-state index is 12.9. The molecule has 0 aromatic heterocycles. The molecule has 0 aliphatic carbocycles. The van der Waals surface area contributed by atoms with Crippen LogP contribution < -0.4 is 15.5 Å². The molecule has 0 spiro atoms. The molecule has 2 unspecified atom stereocenters. The van der Waals surface area contributed by atoms with Gasteiger partial charge in [0.1, 0.15) is 5.82 Å². The second-order valence-corrected chi connectivity index (χ2v) is 8.38. The van der Waals surface area contributed by atoms with E-state index in [9.17, 15) is 9.18 Å². The Balaban J connectivity index is 1.45. The van der Waals surface area contributed by atoms with Gasteiger partial charge in [0.15, 0.2) is 0 Å². The molecule has 2 aromatic carbocycles. The number of urea groups is 1. The molecule has 29 heavy (non-hydrogen) atoms. The van der Waals surface area contributed by atoms with E-state index in [-0.39, 0.29) is 24.1 Å². The molecule has 1 fully saturated rings. The van der Waals surface area contributed by atoms with Crippen LogP contribution in [0.2, 0.25) is 0 Å². The molecular formula is C22H28FN3O2S. The van der Waals surface area contributed by atoms with Crippen molar-refractivity contribution in [3.63, 3.8) is 0 Å². The summed E-state index contributed by atoms with van der Waals surface area (Å²) >= 11 is 1.65. The first-order chi connectivity index (χ1) is 14.0. The predicted octanol–water partition coefficient (Wildman–Crippen LogP) is 4.74. The van der Waals surface area contributed by atoms with Gasteiger partial charge >= 0.3 is 6.03 Å². The highest BCUT2D eigenvalue weighted by atomic mass is 32.2. The Bertz CT molecular complexity index is 793. The van der Waals surface area contributed by atoms with E-state index in [1.54, 1.807) is 23.9 Å². The molecule has 1 aliphatic rings. The van der Waals surface area contributed by atoms with Crippen LogP contribution in [0.5, 0.6) is 0 Å². The van der Waals surface area contributed by atoms with Crippen LogP contribution >= 0.6 is 11.8 Å². The number of morpholine rings is 1. The van der Waals surface area contributed by atoms with E-state index in [2.05, 4.69) is 29.4 Å². The molecule has 5 nitrogen and oxygen atoms in total. The van der Waals surface area contributed by atoms with Crippen LogP contribution in [-0.2, 0) is 4.74 Å². The van der Waals surface area contributed by atoms with Gasteiger partial charge in [-0.3, -0.25) is 0 Å². The number of amides is 2. The van der Waals surface area contributed by atoms with E-state index in [1.165, 1.54) is 12.1 Å². The lowest BCUT2D eigenvalue weighted by atomic mass is 10.1. The third kappa shape index (κ3) is 6.65. The van der Waals surface area contributed by atoms with E-state index in [0.717, 1.165) is 41.5 Å². The second-order valence-electron chi connectivity index (χ2n) is 7.22. The summed E-state index contributed by atoms with van der Waals surface area (Å²) in [7, 11) is 0. The molecule has 7 heteroatoms. The van der Waals surface area contributed by atoms with Crippen LogP contribution in [0.3, 0.4) is 0 Å². The highest BCUT2D eigenvalue weighted by Crippen LogP contribution is 2.28. The Morgan fingerprint density at radius 1 is 1.14 bits per heavy atom. The fraction of sp³-hybridized carbons (Fsp3) is 0.409. The number of nitrogens with zero attached hydrogens (tertiary/aromatic N) is 1. The molecule has 1 aliphatic heterocycles. The molecule has 1 saturated heterocycles. The fourth-order valence-electron chi connectivity index (χ4n) is 3.39. The number of halogens is 1. The van der Waals surface area contributed by atoms with Gasteiger partial charge in [0.2, 0.25) is 0 Å². The number of ether oxygens (including phenoxy) is 1. The van der Waals surface area contributed by atoms with Crippen molar-refractivity contribution in [2.24, 2.45) is 0 Å². The first-order valence-corrected chi connectivity index (χ1v) is 10.9. The van der Waals surface area contributed by atoms with Crippen molar-refractivity contribution in [3.05, 3.63) is 54.3 Å². The van der Waals surface area contributed by atoms with Crippen LogP contribution in [0.4, 0.5) is 20.6 Å². The minimum atomic E-state index is -0.228. The number of carbonyl (C=O) groups is 1. The molecule has 1 heterocycles.